The van der Waals surface area contributed by atoms with E-state index in [-0.39, 0.29) is 5.82 Å². The lowest BCUT2D eigenvalue weighted by Crippen LogP contribution is -2.16. The van der Waals surface area contributed by atoms with E-state index in [1.807, 2.05) is 30.3 Å². The van der Waals surface area contributed by atoms with E-state index in [1.54, 1.807) is 6.07 Å². The highest BCUT2D eigenvalue weighted by atomic mass is 35.5. The van der Waals surface area contributed by atoms with Gasteiger partial charge in [-0.05, 0) is 53.8 Å². The molecule has 0 unspecified atom stereocenters. The molecule has 1 aliphatic rings. The Morgan fingerprint density at radius 2 is 2.00 bits per heavy atom. The SMILES string of the molecule is Fc1ccc(-c2cccc(Cl)c2)c(CNC2CC2)c1. The number of rotatable bonds is 4. The molecule has 0 bridgehead atoms. The summed E-state index contributed by atoms with van der Waals surface area (Å²) in [4.78, 5) is 0. The molecular formula is C16H15ClFN. The van der Waals surface area contributed by atoms with Crippen LogP contribution in [0.5, 0.6) is 0 Å². The summed E-state index contributed by atoms with van der Waals surface area (Å²) < 4.78 is 13.4. The summed E-state index contributed by atoms with van der Waals surface area (Å²) in [5, 5.41) is 4.12. The minimum absolute atomic E-state index is 0.196. The zero-order valence-electron chi connectivity index (χ0n) is 10.5. The van der Waals surface area contributed by atoms with Crippen LogP contribution in [0, 0.1) is 5.82 Å². The second kappa shape index (κ2) is 5.32. The van der Waals surface area contributed by atoms with Crippen molar-refractivity contribution in [2.45, 2.75) is 25.4 Å². The largest absolute Gasteiger partial charge is 0.310 e. The van der Waals surface area contributed by atoms with Crippen molar-refractivity contribution in [3.8, 4) is 11.1 Å². The number of benzene rings is 2. The van der Waals surface area contributed by atoms with E-state index in [9.17, 15) is 4.39 Å². The van der Waals surface area contributed by atoms with Crippen molar-refractivity contribution in [1.82, 2.24) is 5.32 Å². The Balaban J connectivity index is 1.94. The summed E-state index contributed by atoms with van der Waals surface area (Å²) in [7, 11) is 0. The van der Waals surface area contributed by atoms with Crippen LogP contribution in [0.25, 0.3) is 11.1 Å². The van der Waals surface area contributed by atoms with Crippen LogP contribution < -0.4 is 5.32 Å². The minimum Gasteiger partial charge on any atom is -0.310 e. The van der Waals surface area contributed by atoms with Crippen LogP contribution in [0.2, 0.25) is 5.02 Å². The van der Waals surface area contributed by atoms with Gasteiger partial charge in [-0.3, -0.25) is 0 Å². The third kappa shape index (κ3) is 3.14. The highest BCUT2D eigenvalue weighted by Crippen LogP contribution is 2.28. The van der Waals surface area contributed by atoms with Crippen molar-refractivity contribution in [3.63, 3.8) is 0 Å². The first-order valence-electron chi connectivity index (χ1n) is 6.50. The summed E-state index contributed by atoms with van der Waals surface area (Å²) >= 11 is 6.03. The molecule has 0 saturated heterocycles. The second-order valence-electron chi connectivity index (χ2n) is 4.97. The molecular weight excluding hydrogens is 261 g/mol. The topological polar surface area (TPSA) is 12.0 Å². The van der Waals surface area contributed by atoms with Crippen LogP contribution in [-0.2, 0) is 6.54 Å². The second-order valence-corrected chi connectivity index (χ2v) is 5.40. The van der Waals surface area contributed by atoms with Crippen molar-refractivity contribution in [3.05, 3.63) is 58.9 Å². The van der Waals surface area contributed by atoms with Crippen molar-refractivity contribution in [1.29, 1.82) is 0 Å². The molecule has 1 saturated carbocycles. The van der Waals surface area contributed by atoms with Gasteiger partial charge in [0.2, 0.25) is 0 Å². The molecule has 0 aliphatic heterocycles. The summed E-state index contributed by atoms with van der Waals surface area (Å²) in [6.07, 6.45) is 2.45. The van der Waals surface area contributed by atoms with Crippen LogP contribution in [0.1, 0.15) is 18.4 Å². The van der Waals surface area contributed by atoms with E-state index in [0.29, 0.717) is 17.6 Å². The zero-order valence-corrected chi connectivity index (χ0v) is 11.3. The number of halogens is 2. The predicted molar refractivity (Wildman–Crippen MR) is 76.7 cm³/mol. The maximum Gasteiger partial charge on any atom is 0.123 e. The molecule has 1 N–H and O–H groups in total. The van der Waals surface area contributed by atoms with E-state index >= 15 is 0 Å². The molecule has 2 aromatic rings. The van der Waals surface area contributed by atoms with Gasteiger partial charge in [-0.15, -0.1) is 0 Å². The Morgan fingerprint density at radius 1 is 1.16 bits per heavy atom. The van der Waals surface area contributed by atoms with Crippen LogP contribution >= 0.6 is 11.6 Å². The Hall–Kier alpha value is -1.38. The number of hydrogen-bond acceptors (Lipinski definition) is 1. The van der Waals surface area contributed by atoms with Gasteiger partial charge in [-0.2, -0.15) is 0 Å². The van der Waals surface area contributed by atoms with Crippen LogP contribution in [0.4, 0.5) is 4.39 Å². The minimum atomic E-state index is -0.196. The number of nitrogens with one attached hydrogen (secondary N) is 1. The highest BCUT2D eigenvalue weighted by Gasteiger charge is 2.20. The van der Waals surface area contributed by atoms with Gasteiger partial charge in [-0.25, -0.2) is 4.39 Å². The van der Waals surface area contributed by atoms with Crippen LogP contribution in [0.3, 0.4) is 0 Å². The van der Waals surface area contributed by atoms with E-state index in [1.165, 1.54) is 18.9 Å². The third-order valence-corrected chi connectivity index (χ3v) is 3.60. The zero-order chi connectivity index (χ0) is 13.2. The summed E-state index contributed by atoms with van der Waals surface area (Å²) in [5.74, 6) is -0.196. The van der Waals surface area contributed by atoms with Gasteiger partial charge in [-0.1, -0.05) is 29.8 Å². The molecule has 3 rings (SSSR count). The Morgan fingerprint density at radius 3 is 2.74 bits per heavy atom. The highest BCUT2D eigenvalue weighted by molar-refractivity contribution is 6.30. The summed E-state index contributed by atoms with van der Waals surface area (Å²) in [6.45, 7) is 0.699. The molecule has 0 heterocycles. The van der Waals surface area contributed by atoms with Gasteiger partial charge in [0.1, 0.15) is 5.82 Å². The average Bonchev–Trinajstić information content (AvgIpc) is 3.20. The fraction of sp³-hybridized carbons (Fsp3) is 0.250. The van der Waals surface area contributed by atoms with E-state index in [4.69, 9.17) is 11.6 Å². The molecule has 0 aromatic heterocycles. The van der Waals surface area contributed by atoms with E-state index in [0.717, 1.165) is 16.7 Å². The molecule has 0 radical (unpaired) electrons. The molecule has 2 aromatic carbocycles. The van der Waals surface area contributed by atoms with Crippen molar-refractivity contribution in [2.75, 3.05) is 0 Å². The Kier molecular flexibility index (Phi) is 3.54. The molecule has 1 aliphatic carbocycles. The molecule has 3 heteroatoms. The first-order valence-corrected chi connectivity index (χ1v) is 6.88. The molecule has 0 spiro atoms. The first kappa shape index (κ1) is 12.6. The van der Waals surface area contributed by atoms with Gasteiger partial charge < -0.3 is 5.32 Å². The van der Waals surface area contributed by atoms with Gasteiger partial charge >= 0.3 is 0 Å². The van der Waals surface area contributed by atoms with Gasteiger partial charge in [0, 0.05) is 17.6 Å². The molecule has 1 nitrogen and oxygen atoms in total. The van der Waals surface area contributed by atoms with Crippen molar-refractivity contribution >= 4 is 11.6 Å². The summed E-state index contributed by atoms with van der Waals surface area (Å²) in [5.41, 5.74) is 3.05. The fourth-order valence-electron chi connectivity index (χ4n) is 2.19. The maximum absolute atomic E-state index is 13.4. The van der Waals surface area contributed by atoms with Gasteiger partial charge in [0.05, 0.1) is 0 Å². The quantitative estimate of drug-likeness (QED) is 0.872. The van der Waals surface area contributed by atoms with Crippen LogP contribution in [-0.4, -0.2) is 6.04 Å². The average molecular weight is 276 g/mol. The van der Waals surface area contributed by atoms with Crippen molar-refractivity contribution < 1.29 is 4.39 Å². The predicted octanol–water partition coefficient (Wildman–Crippen LogP) is 4.40. The maximum atomic E-state index is 13.4. The standard InChI is InChI=1S/C16H15ClFN/c17-13-3-1-2-11(8-13)16-7-4-14(18)9-12(16)10-19-15-5-6-15/h1-4,7-9,15,19H,5-6,10H2. The molecule has 1 fully saturated rings. The number of hydrogen-bond donors (Lipinski definition) is 1. The first-order chi connectivity index (χ1) is 9.22. The van der Waals surface area contributed by atoms with E-state index in [2.05, 4.69) is 5.32 Å². The van der Waals surface area contributed by atoms with Gasteiger partial charge in [0.25, 0.3) is 0 Å². The fourth-order valence-corrected chi connectivity index (χ4v) is 2.38. The third-order valence-electron chi connectivity index (χ3n) is 3.36. The molecule has 19 heavy (non-hydrogen) atoms. The monoisotopic (exact) mass is 275 g/mol. The Labute approximate surface area is 117 Å². The molecule has 0 atom stereocenters. The Bertz CT molecular complexity index is 593. The lowest BCUT2D eigenvalue weighted by Gasteiger charge is -2.11. The lowest BCUT2D eigenvalue weighted by atomic mass is 9.99. The summed E-state index contributed by atoms with van der Waals surface area (Å²) in [6, 6.07) is 13.2. The lowest BCUT2D eigenvalue weighted by molar-refractivity contribution is 0.620. The van der Waals surface area contributed by atoms with Crippen LogP contribution in [0.15, 0.2) is 42.5 Å². The normalized spacial score (nSPS) is 14.6. The van der Waals surface area contributed by atoms with Crippen molar-refractivity contribution in [2.24, 2.45) is 0 Å². The van der Waals surface area contributed by atoms with Gasteiger partial charge in [0.15, 0.2) is 0 Å². The molecule has 0 amide bonds. The molecule has 98 valence electrons. The smallest absolute Gasteiger partial charge is 0.123 e. The van der Waals surface area contributed by atoms with E-state index < -0.39 is 0 Å².